The molecule has 1 aliphatic rings. The number of carbonyl (C=O) groups excluding carboxylic acids is 1. The van der Waals surface area contributed by atoms with Gasteiger partial charge in [0.15, 0.2) is 0 Å². The third kappa shape index (κ3) is 4.82. The Hall–Kier alpha value is -1.44. The van der Waals surface area contributed by atoms with Crippen molar-refractivity contribution in [3.63, 3.8) is 0 Å². The van der Waals surface area contributed by atoms with Crippen molar-refractivity contribution in [2.45, 2.75) is 18.9 Å². The number of urea groups is 1. The van der Waals surface area contributed by atoms with E-state index in [2.05, 4.69) is 5.32 Å². The van der Waals surface area contributed by atoms with E-state index in [1.807, 2.05) is 0 Å². The lowest BCUT2D eigenvalue weighted by Crippen LogP contribution is -2.49. The summed E-state index contributed by atoms with van der Waals surface area (Å²) in [6, 6.07) is -1.89. The summed E-state index contributed by atoms with van der Waals surface area (Å²) in [6.07, 6.45) is 0.235. The lowest BCUT2D eigenvalue weighted by molar-refractivity contribution is -0.145. The Bertz CT molecular complexity index is 328. The minimum absolute atomic E-state index is 0.508. The summed E-state index contributed by atoms with van der Waals surface area (Å²) >= 11 is 1.74. The van der Waals surface area contributed by atoms with Crippen molar-refractivity contribution in [3.05, 3.63) is 0 Å². The number of carboxylic acid groups (broad SMARTS) is 2. The van der Waals surface area contributed by atoms with E-state index in [0.717, 1.165) is 17.9 Å². The van der Waals surface area contributed by atoms with Crippen molar-refractivity contribution in [1.29, 1.82) is 0 Å². The number of aliphatic carboxylic acids is 2. The third-order valence-corrected chi connectivity index (χ3v) is 3.53. The number of carbonyl (C=O) groups is 3. The highest BCUT2D eigenvalue weighted by molar-refractivity contribution is 7.99. The molecule has 0 aromatic rings. The van der Waals surface area contributed by atoms with Crippen molar-refractivity contribution in [2.75, 3.05) is 24.6 Å². The van der Waals surface area contributed by atoms with Gasteiger partial charge < -0.3 is 20.4 Å². The highest BCUT2D eigenvalue weighted by atomic mass is 32.2. The topological polar surface area (TPSA) is 107 Å². The predicted molar refractivity (Wildman–Crippen MR) is 65.7 cm³/mol. The monoisotopic (exact) mass is 276 g/mol. The standard InChI is InChI=1S/C10H16N2O5S/c13-8(14)6-7(9(15)16)11-10(17)12-2-1-4-18-5-3-12/h7H,1-6H2,(H,11,17)(H,13,14)(H,15,16). The van der Waals surface area contributed by atoms with E-state index in [1.165, 1.54) is 4.90 Å². The number of amides is 2. The molecule has 1 atom stereocenters. The largest absolute Gasteiger partial charge is 0.481 e. The van der Waals surface area contributed by atoms with Crippen LogP contribution < -0.4 is 5.32 Å². The maximum absolute atomic E-state index is 11.8. The first kappa shape index (κ1) is 14.6. The molecule has 1 heterocycles. The second-order valence-corrected chi connectivity index (χ2v) is 5.12. The summed E-state index contributed by atoms with van der Waals surface area (Å²) in [7, 11) is 0. The molecule has 1 aliphatic heterocycles. The fourth-order valence-electron chi connectivity index (χ4n) is 1.56. The molecule has 18 heavy (non-hydrogen) atoms. The van der Waals surface area contributed by atoms with Crippen LogP contribution in [0, 0.1) is 0 Å². The van der Waals surface area contributed by atoms with Crippen molar-refractivity contribution in [2.24, 2.45) is 0 Å². The SMILES string of the molecule is O=C(O)CC(NC(=O)N1CCCSCC1)C(=O)O. The molecule has 7 nitrogen and oxygen atoms in total. The van der Waals surface area contributed by atoms with Crippen molar-refractivity contribution >= 4 is 29.7 Å². The van der Waals surface area contributed by atoms with Gasteiger partial charge in [-0.1, -0.05) is 0 Å². The van der Waals surface area contributed by atoms with Crippen LogP contribution in [0.3, 0.4) is 0 Å². The van der Waals surface area contributed by atoms with E-state index in [4.69, 9.17) is 10.2 Å². The second kappa shape index (κ2) is 7.10. The van der Waals surface area contributed by atoms with Gasteiger partial charge in [0, 0.05) is 18.8 Å². The predicted octanol–water partition coefficient (Wildman–Crippen LogP) is 0.0628. The molecule has 0 aromatic heterocycles. The van der Waals surface area contributed by atoms with Gasteiger partial charge in [0.05, 0.1) is 6.42 Å². The molecule has 2 amide bonds. The number of hydrogen-bond donors (Lipinski definition) is 3. The van der Waals surface area contributed by atoms with E-state index < -0.39 is 30.4 Å². The van der Waals surface area contributed by atoms with E-state index in [9.17, 15) is 14.4 Å². The Morgan fingerprint density at radius 1 is 1.22 bits per heavy atom. The molecule has 0 saturated carbocycles. The first-order valence-corrected chi connectivity index (χ1v) is 6.74. The fraction of sp³-hybridized carbons (Fsp3) is 0.700. The first-order valence-electron chi connectivity index (χ1n) is 5.58. The van der Waals surface area contributed by atoms with E-state index >= 15 is 0 Å². The van der Waals surface area contributed by atoms with Gasteiger partial charge >= 0.3 is 18.0 Å². The maximum Gasteiger partial charge on any atom is 0.326 e. The Balaban J connectivity index is 2.53. The third-order valence-electron chi connectivity index (χ3n) is 2.48. The fourth-order valence-corrected chi connectivity index (χ4v) is 2.45. The van der Waals surface area contributed by atoms with Crippen LogP contribution in [0.15, 0.2) is 0 Å². The molecule has 3 N–H and O–H groups in total. The Labute approximate surface area is 109 Å². The van der Waals surface area contributed by atoms with Crippen molar-refractivity contribution in [1.82, 2.24) is 10.2 Å². The number of nitrogens with one attached hydrogen (secondary N) is 1. The molecular weight excluding hydrogens is 260 g/mol. The molecule has 1 unspecified atom stereocenters. The van der Waals surface area contributed by atoms with Gasteiger partial charge in [-0.2, -0.15) is 11.8 Å². The molecule has 1 saturated heterocycles. The second-order valence-electron chi connectivity index (χ2n) is 3.89. The molecule has 0 aliphatic carbocycles. The zero-order valence-corrected chi connectivity index (χ0v) is 10.6. The normalized spacial score (nSPS) is 17.7. The van der Waals surface area contributed by atoms with Crippen molar-refractivity contribution in [3.8, 4) is 0 Å². The highest BCUT2D eigenvalue weighted by Crippen LogP contribution is 2.10. The average Bonchev–Trinajstić information content (AvgIpc) is 2.55. The summed E-state index contributed by atoms with van der Waals surface area (Å²) in [5.41, 5.74) is 0. The first-order chi connectivity index (χ1) is 8.50. The number of nitrogens with zero attached hydrogens (tertiary/aromatic N) is 1. The lowest BCUT2D eigenvalue weighted by atomic mass is 10.2. The minimum atomic E-state index is -1.38. The molecule has 8 heteroatoms. The zero-order valence-electron chi connectivity index (χ0n) is 9.79. The van der Waals surface area contributed by atoms with Crippen molar-refractivity contribution < 1.29 is 24.6 Å². The summed E-state index contributed by atoms with van der Waals surface area (Å²) in [4.78, 5) is 34.6. The smallest absolute Gasteiger partial charge is 0.326 e. The van der Waals surface area contributed by atoms with Gasteiger partial charge in [0.1, 0.15) is 6.04 Å². The molecule has 0 bridgehead atoms. The van der Waals surface area contributed by atoms with E-state index in [0.29, 0.717) is 13.1 Å². The van der Waals surface area contributed by atoms with Gasteiger partial charge in [-0.3, -0.25) is 4.79 Å². The summed E-state index contributed by atoms with van der Waals surface area (Å²) in [6.45, 7) is 1.12. The highest BCUT2D eigenvalue weighted by Gasteiger charge is 2.25. The van der Waals surface area contributed by atoms with Gasteiger partial charge in [0.2, 0.25) is 0 Å². The number of hydrogen-bond acceptors (Lipinski definition) is 4. The average molecular weight is 276 g/mol. The summed E-state index contributed by atoms with van der Waals surface area (Å²) in [5.74, 6) is -0.810. The van der Waals surface area contributed by atoms with Gasteiger partial charge in [-0.05, 0) is 12.2 Å². The van der Waals surface area contributed by atoms with Gasteiger partial charge in [-0.15, -0.1) is 0 Å². The molecule has 102 valence electrons. The van der Waals surface area contributed by atoms with Crippen LogP contribution in [-0.4, -0.2) is 63.7 Å². The molecule has 0 aromatic carbocycles. The molecule has 0 spiro atoms. The molecule has 1 rings (SSSR count). The quantitative estimate of drug-likeness (QED) is 0.670. The van der Waals surface area contributed by atoms with Crippen LogP contribution in [0.1, 0.15) is 12.8 Å². The zero-order chi connectivity index (χ0) is 13.5. The lowest BCUT2D eigenvalue weighted by Gasteiger charge is -2.22. The van der Waals surface area contributed by atoms with Crippen LogP contribution in [0.25, 0.3) is 0 Å². The summed E-state index contributed by atoms with van der Waals surface area (Å²) in [5, 5.41) is 19.6. The Morgan fingerprint density at radius 2 is 1.94 bits per heavy atom. The maximum atomic E-state index is 11.8. The number of rotatable bonds is 4. The Kier molecular flexibility index (Phi) is 5.76. The molecule has 0 radical (unpaired) electrons. The van der Waals surface area contributed by atoms with Crippen LogP contribution in [0.2, 0.25) is 0 Å². The molecule has 1 fully saturated rings. The van der Waals surface area contributed by atoms with Crippen LogP contribution in [0.5, 0.6) is 0 Å². The van der Waals surface area contributed by atoms with E-state index in [-0.39, 0.29) is 0 Å². The number of carboxylic acids is 2. The van der Waals surface area contributed by atoms with Gasteiger partial charge in [-0.25, -0.2) is 9.59 Å². The Morgan fingerprint density at radius 3 is 2.56 bits per heavy atom. The van der Waals surface area contributed by atoms with E-state index in [1.54, 1.807) is 11.8 Å². The molecular formula is C10H16N2O5S. The van der Waals surface area contributed by atoms with Crippen LogP contribution in [-0.2, 0) is 9.59 Å². The number of thioether (sulfide) groups is 1. The minimum Gasteiger partial charge on any atom is -0.481 e. The summed E-state index contributed by atoms with van der Waals surface area (Å²) < 4.78 is 0. The van der Waals surface area contributed by atoms with Crippen LogP contribution in [0.4, 0.5) is 4.79 Å². The van der Waals surface area contributed by atoms with Gasteiger partial charge in [0.25, 0.3) is 0 Å². The van der Waals surface area contributed by atoms with Crippen LogP contribution >= 0.6 is 11.8 Å².